The highest BCUT2D eigenvalue weighted by atomic mass is 35.5. The van der Waals surface area contributed by atoms with Crippen LogP contribution < -0.4 is 16.3 Å². The number of aliphatic hydroxyl groups excluding tert-OH is 1. The summed E-state index contributed by atoms with van der Waals surface area (Å²) in [6, 6.07) is -1.17. The van der Waals surface area contributed by atoms with E-state index in [-0.39, 0.29) is 23.0 Å². The second-order valence-corrected chi connectivity index (χ2v) is 13.9. The zero-order chi connectivity index (χ0) is 30.6. The third-order valence-electron chi connectivity index (χ3n) is 5.43. The minimum atomic E-state index is -4.36. The summed E-state index contributed by atoms with van der Waals surface area (Å²) in [5.74, 6) is -0.655. The smallest absolute Gasteiger partial charge is 0.406 e. The molecule has 40 heavy (non-hydrogen) atoms. The van der Waals surface area contributed by atoms with Gasteiger partial charge in [0.1, 0.15) is 18.2 Å². The van der Waals surface area contributed by atoms with Gasteiger partial charge in [0.25, 0.3) is 10.7 Å². The maximum Gasteiger partial charge on any atom is 0.406 e. The van der Waals surface area contributed by atoms with E-state index < -0.39 is 72.7 Å². The molecule has 2 rings (SSSR count). The first-order valence-electron chi connectivity index (χ1n) is 12.4. The Bertz CT molecular complexity index is 1230. The second kappa shape index (κ2) is 13.6. The maximum absolute atomic E-state index is 15.4. The molecular weight excluding hydrogens is 596 g/mol. The van der Waals surface area contributed by atoms with Gasteiger partial charge in [-0.05, 0) is 27.7 Å². The van der Waals surface area contributed by atoms with E-state index in [4.69, 9.17) is 30.1 Å². The van der Waals surface area contributed by atoms with Crippen LogP contribution in [0.3, 0.4) is 0 Å². The van der Waals surface area contributed by atoms with Crippen molar-refractivity contribution in [3.8, 4) is 0 Å². The van der Waals surface area contributed by atoms with E-state index in [0.717, 1.165) is 18.0 Å². The van der Waals surface area contributed by atoms with Gasteiger partial charge in [0.2, 0.25) is 0 Å². The molecule has 1 unspecified atom stereocenters. The van der Waals surface area contributed by atoms with Crippen LogP contribution >= 0.6 is 31.1 Å². The highest BCUT2D eigenvalue weighted by molar-refractivity contribution is 8.13. The number of rotatable bonds is 12. The molecule has 3 N–H and O–H groups in total. The molecule has 1 fully saturated rings. The number of hydrogen-bond acceptors (Lipinski definition) is 11. The van der Waals surface area contributed by atoms with Gasteiger partial charge >= 0.3 is 19.4 Å². The van der Waals surface area contributed by atoms with Crippen molar-refractivity contribution in [3.05, 3.63) is 32.6 Å². The molecular formula is C23H36ClFN3O10PS. The van der Waals surface area contributed by atoms with Gasteiger partial charge in [-0.3, -0.25) is 33.0 Å². The second-order valence-electron chi connectivity index (χ2n) is 10.5. The number of aliphatic hydroxyl groups is 1. The highest BCUT2D eigenvalue weighted by Gasteiger charge is 2.58. The molecule has 0 amide bonds. The van der Waals surface area contributed by atoms with Gasteiger partial charge in [-0.2, -0.15) is 0 Å². The van der Waals surface area contributed by atoms with Crippen LogP contribution in [-0.4, -0.2) is 74.2 Å². The van der Waals surface area contributed by atoms with Crippen molar-refractivity contribution in [2.24, 2.45) is 5.41 Å². The summed E-state index contributed by atoms with van der Waals surface area (Å²) < 4.78 is 51.0. The third-order valence-corrected chi connectivity index (χ3v) is 8.80. The molecule has 1 saturated heterocycles. The number of thioether (sulfide) groups is 1. The summed E-state index contributed by atoms with van der Waals surface area (Å²) >= 11 is 6.86. The standard InChI is InChI=1S/C23H36ClFN3O10PS/c1-12(2)37-18(31)14(4)27-39(34,35-8-9-40-20(32)22(5,6)7)36-11-15-16(29)23(24,25)19(38-15)28-10-13(3)17(30)26-21(28)33/h10,12,14-16,19,29H,8-9,11H2,1-7H3,(H,27,34)(H,26,30,33)/t14-,15+,16+,19+,23-,39?/m0/s1. The number of aromatic amines is 1. The number of nitrogens with one attached hydrogen (secondary N) is 2. The molecule has 2 heterocycles. The number of esters is 1. The van der Waals surface area contributed by atoms with E-state index in [1.165, 1.54) is 13.8 Å². The van der Waals surface area contributed by atoms with Crippen molar-refractivity contribution >= 4 is 42.2 Å². The van der Waals surface area contributed by atoms with Gasteiger partial charge in [-0.15, -0.1) is 0 Å². The minimum Gasteiger partial charge on any atom is -0.462 e. The third kappa shape index (κ3) is 8.96. The zero-order valence-corrected chi connectivity index (χ0v) is 25.7. The predicted molar refractivity (Wildman–Crippen MR) is 146 cm³/mol. The summed E-state index contributed by atoms with van der Waals surface area (Å²) in [4.78, 5) is 50.4. The Labute approximate surface area is 240 Å². The molecule has 1 aromatic heterocycles. The average molecular weight is 632 g/mol. The number of carbonyl (C=O) groups excluding carboxylic acids is 2. The Balaban J connectivity index is 2.19. The number of aryl methyl sites for hydroxylation is 1. The van der Waals surface area contributed by atoms with E-state index in [1.54, 1.807) is 34.6 Å². The molecule has 228 valence electrons. The van der Waals surface area contributed by atoms with E-state index >= 15 is 4.39 Å². The number of nitrogens with zero attached hydrogens (tertiary/aromatic N) is 1. The van der Waals surface area contributed by atoms with Gasteiger partial charge in [-0.1, -0.05) is 44.1 Å². The molecule has 0 aliphatic carbocycles. The molecule has 0 aromatic carbocycles. The van der Waals surface area contributed by atoms with Gasteiger partial charge < -0.3 is 14.6 Å². The fourth-order valence-electron chi connectivity index (χ4n) is 3.28. The number of ether oxygens (including phenoxy) is 2. The van der Waals surface area contributed by atoms with E-state index in [0.29, 0.717) is 4.57 Å². The minimum absolute atomic E-state index is 0.0528. The van der Waals surface area contributed by atoms with E-state index in [9.17, 15) is 28.8 Å². The van der Waals surface area contributed by atoms with Crippen LogP contribution in [0.4, 0.5) is 4.39 Å². The van der Waals surface area contributed by atoms with Crippen molar-refractivity contribution in [1.29, 1.82) is 0 Å². The number of carbonyl (C=O) groups is 2. The van der Waals surface area contributed by atoms with Gasteiger partial charge in [-0.25, -0.2) is 18.8 Å². The molecule has 13 nitrogen and oxygen atoms in total. The van der Waals surface area contributed by atoms with Crippen LogP contribution in [0.5, 0.6) is 0 Å². The fraction of sp³-hybridized carbons (Fsp3) is 0.739. The number of H-pyrrole nitrogens is 1. The Morgan fingerprint density at radius 3 is 2.52 bits per heavy atom. The number of hydrogen-bond donors (Lipinski definition) is 3. The zero-order valence-electron chi connectivity index (χ0n) is 23.3. The molecule has 0 bridgehead atoms. The Hall–Kier alpha value is -1.58. The van der Waals surface area contributed by atoms with Gasteiger partial charge in [0.15, 0.2) is 11.3 Å². The summed E-state index contributed by atoms with van der Waals surface area (Å²) in [5, 5.41) is 9.77. The molecule has 0 spiro atoms. The fourth-order valence-corrected chi connectivity index (χ4v) is 5.97. The maximum atomic E-state index is 15.4. The van der Waals surface area contributed by atoms with Crippen molar-refractivity contribution in [2.75, 3.05) is 19.0 Å². The van der Waals surface area contributed by atoms with Crippen LogP contribution in [0.25, 0.3) is 0 Å². The molecule has 6 atom stereocenters. The predicted octanol–water partition coefficient (Wildman–Crippen LogP) is 2.38. The highest BCUT2D eigenvalue weighted by Crippen LogP contribution is 2.48. The molecule has 1 aromatic rings. The Morgan fingerprint density at radius 1 is 1.32 bits per heavy atom. The number of alkyl halides is 2. The molecule has 17 heteroatoms. The first kappa shape index (κ1) is 34.6. The topological polar surface area (TPSA) is 175 Å². The van der Waals surface area contributed by atoms with Crippen molar-refractivity contribution in [3.63, 3.8) is 0 Å². The first-order chi connectivity index (χ1) is 18.3. The van der Waals surface area contributed by atoms with Crippen LogP contribution in [0.15, 0.2) is 15.8 Å². The summed E-state index contributed by atoms with van der Waals surface area (Å²) in [5.41, 5.74) is -2.29. The average Bonchev–Trinajstić information content (AvgIpc) is 3.05. The molecule has 1 aliphatic heterocycles. The lowest BCUT2D eigenvalue weighted by Gasteiger charge is -2.25. The van der Waals surface area contributed by atoms with Crippen LogP contribution in [0, 0.1) is 12.3 Å². The monoisotopic (exact) mass is 631 g/mol. The number of halogens is 2. The van der Waals surface area contributed by atoms with Crippen molar-refractivity contribution in [1.82, 2.24) is 14.6 Å². The van der Waals surface area contributed by atoms with E-state index in [2.05, 4.69) is 5.09 Å². The largest absolute Gasteiger partial charge is 0.462 e. The summed E-state index contributed by atoms with van der Waals surface area (Å²) in [6.45, 7) is 10.2. The van der Waals surface area contributed by atoms with Crippen LogP contribution in [0.1, 0.15) is 53.3 Å². The van der Waals surface area contributed by atoms with Crippen molar-refractivity contribution < 1.29 is 42.2 Å². The van der Waals surface area contributed by atoms with Crippen LogP contribution in [-0.2, 0) is 32.7 Å². The van der Waals surface area contributed by atoms with Gasteiger partial charge in [0.05, 0.1) is 19.3 Å². The quantitative estimate of drug-likeness (QED) is 0.133. The van der Waals surface area contributed by atoms with E-state index in [1.807, 2.05) is 4.98 Å². The summed E-state index contributed by atoms with van der Waals surface area (Å²) in [7, 11) is -4.36. The lowest BCUT2D eigenvalue weighted by atomic mass is 10.00. The summed E-state index contributed by atoms with van der Waals surface area (Å²) in [6.07, 6.45) is -4.95. The first-order valence-corrected chi connectivity index (χ1v) is 15.3. The Kier molecular flexibility index (Phi) is 11.8. The molecule has 0 radical (unpaired) electrons. The lowest BCUT2D eigenvalue weighted by molar-refractivity contribution is -0.149. The van der Waals surface area contributed by atoms with Crippen LogP contribution in [0.2, 0.25) is 0 Å². The lowest BCUT2D eigenvalue weighted by Crippen LogP contribution is -2.42. The molecule has 1 aliphatic rings. The Morgan fingerprint density at radius 2 is 1.95 bits per heavy atom. The van der Waals surface area contributed by atoms with Gasteiger partial charge in [0, 0.05) is 22.9 Å². The van der Waals surface area contributed by atoms with Crippen molar-refractivity contribution in [2.45, 2.75) is 84.2 Å². The number of aromatic nitrogens is 2. The molecule has 0 saturated carbocycles. The SMILES string of the molecule is Cc1cn([C@@H]2O[C@H](COP(=O)(N[C@@H](C)C(=O)OC(C)C)OCCSC(=O)C(C)(C)C)[C@@H](O)[C@@]2(F)Cl)c(=O)[nH]c1=O. The normalized spacial score (nSPS) is 25.5.